The number of alkyl halides is 9. The summed E-state index contributed by atoms with van der Waals surface area (Å²) in [5, 5.41) is 4.11. The molecule has 0 aromatic heterocycles. The van der Waals surface area contributed by atoms with Crippen LogP contribution in [0.4, 0.5) is 39.5 Å². The Bertz CT molecular complexity index is 499. The van der Waals surface area contributed by atoms with Crippen LogP contribution in [0.1, 0.15) is 0 Å². The molecular weight excluding hydrogens is 347 g/mol. The summed E-state index contributed by atoms with van der Waals surface area (Å²) in [6, 6.07) is -6.46. The van der Waals surface area contributed by atoms with Crippen LogP contribution < -0.4 is 5.14 Å². The van der Waals surface area contributed by atoms with Crippen LogP contribution in [0.25, 0.3) is 0 Å². The van der Waals surface area contributed by atoms with E-state index in [1.54, 1.807) is 0 Å². The van der Waals surface area contributed by atoms with Crippen LogP contribution in [-0.4, -0.2) is 43.3 Å². The van der Waals surface area contributed by atoms with Crippen LogP contribution in [0.3, 0.4) is 0 Å². The molecule has 0 aromatic rings. The molecule has 0 bridgehead atoms. The van der Waals surface area contributed by atoms with E-state index in [4.69, 9.17) is 0 Å². The second-order valence-electron chi connectivity index (χ2n) is 3.55. The number of hydrogen-bond donors (Lipinski definition) is 1. The van der Waals surface area contributed by atoms with Crippen LogP contribution in [0.15, 0.2) is 12.7 Å². The van der Waals surface area contributed by atoms with Crippen molar-refractivity contribution in [3.8, 4) is 0 Å². The van der Waals surface area contributed by atoms with E-state index in [1.165, 1.54) is 0 Å². The van der Waals surface area contributed by atoms with Crippen LogP contribution in [0, 0.1) is 0 Å². The van der Waals surface area contributed by atoms with Crippen molar-refractivity contribution in [2.24, 2.45) is 5.14 Å². The molecular formula is C7H7F9N2O2S. The monoisotopic (exact) mass is 354 g/mol. The molecule has 4 nitrogen and oxygen atoms in total. The first kappa shape index (κ1) is 20.0. The fourth-order valence-corrected chi connectivity index (χ4v) is 1.77. The second-order valence-corrected chi connectivity index (χ2v) is 5.02. The van der Waals surface area contributed by atoms with E-state index < -0.39 is 45.1 Å². The minimum atomic E-state index is -7.21. The molecule has 0 aliphatic rings. The molecule has 0 atom stereocenters. The zero-order valence-electron chi connectivity index (χ0n) is 9.64. The molecule has 126 valence electrons. The zero-order chi connectivity index (χ0) is 17.5. The number of halogens is 9. The van der Waals surface area contributed by atoms with Crippen molar-refractivity contribution < 1.29 is 47.9 Å². The lowest BCUT2D eigenvalue weighted by Gasteiger charge is -2.37. The van der Waals surface area contributed by atoms with Crippen molar-refractivity contribution in [2.45, 2.75) is 24.1 Å². The van der Waals surface area contributed by atoms with Crippen LogP contribution in [0.5, 0.6) is 0 Å². The topological polar surface area (TPSA) is 63.4 Å². The maximum absolute atomic E-state index is 13.3. The minimum absolute atomic E-state index is 0.236. The summed E-state index contributed by atoms with van der Waals surface area (Å²) in [5.74, 6) is -14.3. The molecule has 0 aromatic carbocycles. The molecule has 0 saturated heterocycles. The Balaban J connectivity index is 6.14. The van der Waals surface area contributed by atoms with Gasteiger partial charge in [-0.3, -0.25) is 0 Å². The van der Waals surface area contributed by atoms with Crippen LogP contribution in [0.2, 0.25) is 0 Å². The molecule has 2 N–H and O–H groups in total. The van der Waals surface area contributed by atoms with E-state index in [9.17, 15) is 47.9 Å². The van der Waals surface area contributed by atoms with Gasteiger partial charge in [-0.1, -0.05) is 6.08 Å². The molecule has 0 fully saturated rings. The summed E-state index contributed by atoms with van der Waals surface area (Å²) >= 11 is 0. The maximum atomic E-state index is 13.3. The molecule has 0 aliphatic carbocycles. The van der Waals surface area contributed by atoms with Crippen molar-refractivity contribution in [1.82, 2.24) is 4.31 Å². The molecule has 0 spiro atoms. The Kier molecular flexibility index (Phi) is 5.06. The summed E-state index contributed by atoms with van der Waals surface area (Å²) in [7, 11) is -5.74. The lowest BCUT2D eigenvalue weighted by Crippen LogP contribution is -2.67. The first-order chi connectivity index (χ1) is 8.94. The molecule has 0 radical (unpaired) electrons. The minimum Gasteiger partial charge on any atom is -0.215 e. The molecule has 0 saturated carbocycles. The lowest BCUT2D eigenvalue weighted by molar-refractivity contribution is -0.410. The predicted octanol–water partition coefficient (Wildman–Crippen LogP) is 2.10. The summed E-state index contributed by atoms with van der Waals surface area (Å²) in [6.45, 7) is 0.944. The Hall–Kier alpha value is -1.02. The van der Waals surface area contributed by atoms with E-state index in [2.05, 4.69) is 11.7 Å². The molecule has 21 heavy (non-hydrogen) atoms. The SMILES string of the molecule is C=CCN(C(F)(F)C(F)(F)C(F)(F)C(F)(F)F)S(N)(=O)=O. The fraction of sp³-hybridized carbons (Fsp3) is 0.714. The normalized spacial score (nSPS) is 15.4. The van der Waals surface area contributed by atoms with Crippen LogP contribution >= 0.6 is 0 Å². The fourth-order valence-electron chi connectivity index (χ4n) is 1.02. The van der Waals surface area contributed by atoms with Gasteiger partial charge >= 0.3 is 24.1 Å². The molecule has 14 heteroatoms. The lowest BCUT2D eigenvalue weighted by atomic mass is 10.1. The Morgan fingerprint density at radius 1 is 0.952 bits per heavy atom. The van der Waals surface area contributed by atoms with Gasteiger partial charge in [0, 0.05) is 6.54 Å². The number of nitrogens with zero attached hydrogens (tertiary/aromatic N) is 1. The molecule has 0 rings (SSSR count). The first-order valence-corrected chi connectivity index (χ1v) is 6.06. The van der Waals surface area contributed by atoms with Gasteiger partial charge in [0.25, 0.3) is 10.2 Å². The highest BCUT2D eigenvalue weighted by atomic mass is 32.2. The Morgan fingerprint density at radius 2 is 1.33 bits per heavy atom. The predicted molar refractivity (Wildman–Crippen MR) is 50.9 cm³/mol. The average Bonchev–Trinajstić information content (AvgIpc) is 2.21. The summed E-state index contributed by atoms with van der Waals surface area (Å²) in [6.07, 6.45) is -6.82. The number of nitrogens with two attached hydrogens (primary N) is 1. The number of hydrogen-bond acceptors (Lipinski definition) is 2. The molecule has 0 aliphatic heterocycles. The highest BCUT2D eigenvalue weighted by Crippen LogP contribution is 2.54. The highest BCUT2D eigenvalue weighted by molar-refractivity contribution is 7.86. The van der Waals surface area contributed by atoms with Gasteiger partial charge in [0.1, 0.15) is 0 Å². The molecule has 0 heterocycles. The first-order valence-electron chi connectivity index (χ1n) is 4.56. The van der Waals surface area contributed by atoms with Crippen LogP contribution in [-0.2, 0) is 10.2 Å². The van der Waals surface area contributed by atoms with E-state index in [-0.39, 0.29) is 6.08 Å². The smallest absolute Gasteiger partial charge is 0.215 e. The van der Waals surface area contributed by atoms with Gasteiger partial charge < -0.3 is 0 Å². The van der Waals surface area contributed by atoms with Gasteiger partial charge in [-0.15, -0.1) is 10.9 Å². The summed E-state index contributed by atoms with van der Waals surface area (Å²) < 4.78 is 133. The van der Waals surface area contributed by atoms with Crippen molar-refractivity contribution in [3.05, 3.63) is 12.7 Å². The van der Waals surface area contributed by atoms with Gasteiger partial charge in [-0.25, -0.2) is 5.14 Å². The van der Waals surface area contributed by atoms with E-state index in [0.29, 0.717) is 0 Å². The van der Waals surface area contributed by atoms with E-state index in [0.717, 1.165) is 0 Å². The van der Waals surface area contributed by atoms with E-state index in [1.807, 2.05) is 0 Å². The van der Waals surface area contributed by atoms with Gasteiger partial charge in [0.15, 0.2) is 0 Å². The molecule has 0 amide bonds. The van der Waals surface area contributed by atoms with Crippen molar-refractivity contribution >= 4 is 10.2 Å². The Morgan fingerprint density at radius 3 is 1.57 bits per heavy atom. The van der Waals surface area contributed by atoms with Crippen molar-refractivity contribution in [3.63, 3.8) is 0 Å². The molecule has 0 unspecified atom stereocenters. The van der Waals surface area contributed by atoms with Gasteiger partial charge in [0.05, 0.1) is 0 Å². The zero-order valence-corrected chi connectivity index (χ0v) is 10.5. The third-order valence-corrected chi connectivity index (χ3v) is 3.04. The summed E-state index contributed by atoms with van der Waals surface area (Å²) in [5.41, 5.74) is 0. The Labute approximate surface area is 112 Å². The largest absolute Gasteiger partial charge is 0.460 e. The second kappa shape index (κ2) is 5.31. The van der Waals surface area contributed by atoms with Crippen molar-refractivity contribution in [2.75, 3.05) is 6.54 Å². The third kappa shape index (κ3) is 3.26. The maximum Gasteiger partial charge on any atom is 0.460 e. The van der Waals surface area contributed by atoms with Gasteiger partial charge in [-0.2, -0.15) is 47.9 Å². The quantitative estimate of drug-likeness (QED) is 0.451. The standard InChI is InChI=1S/C7H7F9N2O2S/c1-2-3-18(21(17,19)20)7(15,16)5(10,11)4(8,9)6(12,13)14/h2H,1,3H2,(H2,17,19,20). The van der Waals surface area contributed by atoms with Crippen molar-refractivity contribution in [1.29, 1.82) is 0 Å². The highest BCUT2D eigenvalue weighted by Gasteiger charge is 2.83. The average molecular weight is 354 g/mol. The third-order valence-electron chi connectivity index (χ3n) is 2.04. The van der Waals surface area contributed by atoms with Gasteiger partial charge in [-0.05, 0) is 0 Å². The number of rotatable bonds is 6. The summed E-state index contributed by atoms with van der Waals surface area (Å²) in [4.78, 5) is 0. The van der Waals surface area contributed by atoms with Gasteiger partial charge in [0.2, 0.25) is 0 Å². The van der Waals surface area contributed by atoms with E-state index >= 15 is 0 Å².